The molecule has 0 saturated carbocycles. The maximum absolute atomic E-state index is 14.9. The highest BCUT2D eigenvalue weighted by atomic mass is 19.2. The first-order valence-electron chi connectivity index (χ1n) is 12.9. The molecule has 0 rings (SSSR count). The van der Waals surface area contributed by atoms with Gasteiger partial charge in [-0.25, -0.2) is 13.2 Å². The molecule has 0 saturated heterocycles. The first kappa shape index (κ1) is 34.9. The molecule has 0 aromatic rings. The zero-order valence-electron chi connectivity index (χ0n) is 23.6. The maximum Gasteiger partial charge on any atom is 0.200 e. The van der Waals surface area contributed by atoms with E-state index in [1.807, 2.05) is 6.92 Å². The van der Waals surface area contributed by atoms with E-state index in [1.165, 1.54) is 24.6 Å². The van der Waals surface area contributed by atoms with Gasteiger partial charge in [0.1, 0.15) is 6.61 Å². The van der Waals surface area contributed by atoms with Crippen LogP contribution in [0.25, 0.3) is 0 Å². The predicted molar refractivity (Wildman–Crippen MR) is 155 cm³/mol. The van der Waals surface area contributed by atoms with Gasteiger partial charge in [0.2, 0.25) is 5.83 Å². The molecule has 0 aromatic heterocycles. The molecule has 0 N–H and O–H groups in total. The van der Waals surface area contributed by atoms with Gasteiger partial charge in [0.05, 0.1) is 0 Å². The Morgan fingerprint density at radius 3 is 1.66 bits per heavy atom. The highest BCUT2D eigenvalue weighted by Gasteiger charge is 2.21. The molecule has 0 aliphatic heterocycles. The van der Waals surface area contributed by atoms with Crippen LogP contribution >= 0.6 is 0 Å². The maximum atomic E-state index is 14.9. The third-order valence-corrected chi connectivity index (χ3v) is 6.71. The van der Waals surface area contributed by atoms with E-state index in [4.69, 9.17) is 4.74 Å². The Kier molecular flexibility index (Phi) is 16.0. The summed E-state index contributed by atoms with van der Waals surface area (Å²) in [6, 6.07) is 0. The normalized spacial score (nSPS) is 15.1. The van der Waals surface area contributed by atoms with Crippen molar-refractivity contribution in [3.63, 3.8) is 0 Å². The highest BCUT2D eigenvalue weighted by Crippen LogP contribution is 2.33. The van der Waals surface area contributed by atoms with Gasteiger partial charge in [-0.15, -0.1) is 0 Å². The fourth-order valence-corrected chi connectivity index (χ4v) is 3.43. The van der Waals surface area contributed by atoms with Crippen LogP contribution in [-0.2, 0) is 4.74 Å². The van der Waals surface area contributed by atoms with Crippen molar-refractivity contribution in [2.45, 2.75) is 59.8 Å². The van der Waals surface area contributed by atoms with E-state index in [1.54, 1.807) is 0 Å². The van der Waals surface area contributed by atoms with Crippen LogP contribution in [-0.4, -0.2) is 6.61 Å². The van der Waals surface area contributed by atoms with Gasteiger partial charge >= 0.3 is 0 Å². The van der Waals surface area contributed by atoms with Crippen LogP contribution in [0.1, 0.15) is 59.8 Å². The fraction of sp³-hybridized carbons (Fsp3) is 0.394. The lowest BCUT2D eigenvalue weighted by molar-refractivity contribution is 0.241. The van der Waals surface area contributed by atoms with Crippen molar-refractivity contribution < 1.29 is 22.3 Å². The number of rotatable bonds is 19. The lowest BCUT2D eigenvalue weighted by atomic mass is 9.84. The van der Waals surface area contributed by atoms with Gasteiger partial charge in [0, 0.05) is 11.1 Å². The molecule has 0 bridgehead atoms. The Labute approximate surface area is 227 Å². The molecule has 1 nitrogen and oxygen atoms in total. The predicted octanol–water partition coefficient (Wildman–Crippen LogP) is 11.2. The van der Waals surface area contributed by atoms with Crippen LogP contribution in [0.3, 0.4) is 0 Å². The minimum absolute atomic E-state index is 0.0201. The molecule has 0 aliphatic carbocycles. The number of allylic oxidation sites excluding steroid dienone is 11. The summed E-state index contributed by atoms with van der Waals surface area (Å²) >= 11 is 0. The fourth-order valence-electron chi connectivity index (χ4n) is 3.43. The van der Waals surface area contributed by atoms with Gasteiger partial charge in [-0.05, 0) is 47.3 Å². The SMILES string of the molecule is C=CCOC(=C)/C(F)=C(/F)C(=C)C(=C)/C=C\C(=C)C(=C)/C(F)=C(/F)C(=C)C(C)CCC(C)C(C)CCCC. The van der Waals surface area contributed by atoms with E-state index >= 15 is 0 Å². The Balaban J connectivity index is 5.28. The van der Waals surface area contributed by atoms with Gasteiger partial charge in [-0.2, -0.15) is 4.39 Å². The zero-order valence-corrected chi connectivity index (χ0v) is 23.6. The summed E-state index contributed by atoms with van der Waals surface area (Å²) in [5, 5.41) is 0. The summed E-state index contributed by atoms with van der Waals surface area (Å²) in [7, 11) is 0. The summed E-state index contributed by atoms with van der Waals surface area (Å²) < 4.78 is 63.2. The summed E-state index contributed by atoms with van der Waals surface area (Å²) in [5.74, 6) is -4.61. The third kappa shape index (κ3) is 11.1. The van der Waals surface area contributed by atoms with E-state index in [2.05, 4.69) is 66.8 Å². The molecule has 0 amide bonds. The zero-order chi connectivity index (χ0) is 29.6. The van der Waals surface area contributed by atoms with E-state index in [-0.39, 0.29) is 40.4 Å². The number of ether oxygens (including phenoxy) is 1. The minimum atomic E-state index is -1.33. The van der Waals surface area contributed by atoms with Crippen molar-refractivity contribution in [2.75, 3.05) is 6.61 Å². The highest BCUT2D eigenvalue weighted by molar-refractivity contribution is 5.54. The molecule has 0 spiro atoms. The molecule has 38 heavy (non-hydrogen) atoms. The average molecular weight is 533 g/mol. The van der Waals surface area contributed by atoms with Gasteiger partial charge in [0.25, 0.3) is 0 Å². The van der Waals surface area contributed by atoms with Gasteiger partial charge < -0.3 is 4.74 Å². The molecule has 5 heteroatoms. The largest absolute Gasteiger partial charge is 0.487 e. The van der Waals surface area contributed by atoms with Crippen LogP contribution in [0.15, 0.2) is 121 Å². The molecule has 0 aromatic carbocycles. The molecular weight excluding hydrogens is 488 g/mol. The van der Waals surface area contributed by atoms with Crippen molar-refractivity contribution in [3.8, 4) is 0 Å². The van der Waals surface area contributed by atoms with E-state index in [9.17, 15) is 17.6 Å². The monoisotopic (exact) mass is 532 g/mol. The second-order valence-corrected chi connectivity index (χ2v) is 9.72. The Morgan fingerprint density at radius 1 is 0.711 bits per heavy atom. The van der Waals surface area contributed by atoms with Crippen LogP contribution in [0.2, 0.25) is 0 Å². The van der Waals surface area contributed by atoms with Crippen molar-refractivity contribution in [1.82, 2.24) is 0 Å². The van der Waals surface area contributed by atoms with Crippen molar-refractivity contribution >= 4 is 0 Å². The Bertz CT molecular complexity index is 1020. The molecule has 0 radical (unpaired) electrons. The molecule has 0 aliphatic rings. The average Bonchev–Trinajstić information content (AvgIpc) is 2.92. The van der Waals surface area contributed by atoms with Crippen molar-refractivity contribution in [1.29, 1.82) is 0 Å². The Morgan fingerprint density at radius 2 is 1.18 bits per heavy atom. The summed E-state index contributed by atoms with van der Waals surface area (Å²) in [5.41, 5.74) is -0.598. The second kappa shape index (κ2) is 17.4. The van der Waals surface area contributed by atoms with E-state index < -0.39 is 29.1 Å². The number of hydrogen-bond donors (Lipinski definition) is 0. The van der Waals surface area contributed by atoms with Gasteiger partial charge in [-0.1, -0.05) is 111 Å². The molecule has 0 heterocycles. The summed E-state index contributed by atoms with van der Waals surface area (Å²) in [6.45, 7) is 33.2. The first-order valence-corrected chi connectivity index (χ1v) is 12.9. The molecule has 3 atom stereocenters. The van der Waals surface area contributed by atoms with Crippen LogP contribution in [0.5, 0.6) is 0 Å². The lowest BCUT2D eigenvalue weighted by Gasteiger charge is -2.22. The minimum Gasteiger partial charge on any atom is -0.487 e. The number of unbranched alkanes of at least 4 members (excludes halogenated alkanes) is 1. The van der Waals surface area contributed by atoms with Gasteiger partial charge in [0.15, 0.2) is 23.2 Å². The molecule has 0 fully saturated rings. The van der Waals surface area contributed by atoms with E-state index in [0.717, 1.165) is 19.3 Å². The van der Waals surface area contributed by atoms with Crippen molar-refractivity contribution in [2.24, 2.45) is 17.8 Å². The molecule has 3 unspecified atom stereocenters. The number of hydrogen-bond acceptors (Lipinski definition) is 1. The summed E-state index contributed by atoms with van der Waals surface area (Å²) in [6.07, 6.45) is 8.94. The van der Waals surface area contributed by atoms with E-state index in [0.29, 0.717) is 18.3 Å². The summed E-state index contributed by atoms with van der Waals surface area (Å²) in [4.78, 5) is 0. The topological polar surface area (TPSA) is 9.23 Å². The Hall–Kier alpha value is -3.08. The van der Waals surface area contributed by atoms with Crippen LogP contribution < -0.4 is 0 Å². The smallest absolute Gasteiger partial charge is 0.200 e. The third-order valence-electron chi connectivity index (χ3n) is 6.71. The first-order chi connectivity index (χ1) is 17.7. The van der Waals surface area contributed by atoms with Crippen LogP contribution in [0.4, 0.5) is 17.6 Å². The standard InChI is InChI=1S/C33H44F4O/c1-12-14-15-21(3)22(4)16-17-23(5)26(8)30(34)31(35)27(9)24(6)18-19-25(7)28(10)32(36)33(37)29(11)38-20-13-2/h13,18-19,21-23H,2,6-12,14-17,20H2,1,3-5H3/b19-18-,31-30-,33-32-. The quantitative estimate of drug-likeness (QED) is 0.0696. The van der Waals surface area contributed by atoms with Crippen LogP contribution in [0, 0.1) is 17.8 Å². The molecular formula is C33H44F4O. The van der Waals surface area contributed by atoms with Crippen molar-refractivity contribution in [3.05, 3.63) is 121 Å². The molecule has 210 valence electrons. The lowest BCUT2D eigenvalue weighted by Crippen LogP contribution is -2.11. The second-order valence-electron chi connectivity index (χ2n) is 9.72. The number of halogens is 4. The van der Waals surface area contributed by atoms with Gasteiger partial charge in [-0.3, -0.25) is 0 Å².